The van der Waals surface area contributed by atoms with Crippen molar-refractivity contribution in [3.63, 3.8) is 0 Å². The van der Waals surface area contributed by atoms with Crippen LogP contribution in [0.5, 0.6) is 0 Å². The van der Waals surface area contributed by atoms with Crippen molar-refractivity contribution in [1.82, 2.24) is 0 Å². The molecular formula is C17H16Cl2O3. The van der Waals surface area contributed by atoms with Gasteiger partial charge in [-0.2, -0.15) is 0 Å². The van der Waals surface area contributed by atoms with Crippen LogP contribution >= 0.6 is 23.2 Å². The van der Waals surface area contributed by atoms with E-state index >= 15 is 0 Å². The lowest BCUT2D eigenvalue weighted by Crippen LogP contribution is -2.33. The lowest BCUT2D eigenvalue weighted by molar-refractivity contribution is -0.232. The molecule has 0 radical (unpaired) electrons. The molecule has 5 heteroatoms. The zero-order chi connectivity index (χ0) is 15.4. The van der Waals surface area contributed by atoms with E-state index in [4.69, 9.17) is 37.4 Å². The number of rotatable bonds is 4. The van der Waals surface area contributed by atoms with Gasteiger partial charge in [0, 0.05) is 21.2 Å². The molecule has 1 heterocycles. The highest BCUT2D eigenvalue weighted by Crippen LogP contribution is 2.27. The molecule has 0 unspecified atom stereocenters. The van der Waals surface area contributed by atoms with Crippen LogP contribution in [-0.4, -0.2) is 19.3 Å². The molecule has 0 bridgehead atoms. The minimum absolute atomic E-state index is 0.132. The van der Waals surface area contributed by atoms with Gasteiger partial charge in [-0.1, -0.05) is 59.6 Å². The lowest BCUT2D eigenvalue weighted by atomic mass is 10.2. The van der Waals surface area contributed by atoms with Crippen molar-refractivity contribution in [2.75, 3.05) is 13.2 Å². The van der Waals surface area contributed by atoms with Gasteiger partial charge in [0.2, 0.25) is 0 Å². The maximum atomic E-state index is 6.12. The Kier molecular flexibility index (Phi) is 5.34. The lowest BCUT2D eigenvalue weighted by Gasteiger charge is -2.29. The van der Waals surface area contributed by atoms with Crippen LogP contribution in [0.15, 0.2) is 48.5 Å². The molecule has 0 aromatic heterocycles. The molecule has 0 spiro atoms. The molecular weight excluding hydrogens is 323 g/mol. The van der Waals surface area contributed by atoms with Gasteiger partial charge < -0.3 is 14.2 Å². The van der Waals surface area contributed by atoms with Crippen molar-refractivity contribution >= 4 is 23.2 Å². The van der Waals surface area contributed by atoms with Crippen LogP contribution < -0.4 is 0 Å². The second kappa shape index (κ2) is 7.44. The highest BCUT2D eigenvalue weighted by atomic mass is 35.5. The maximum Gasteiger partial charge on any atom is 0.184 e. The van der Waals surface area contributed by atoms with Gasteiger partial charge in [0.1, 0.15) is 6.10 Å². The van der Waals surface area contributed by atoms with Crippen molar-refractivity contribution in [3.05, 3.63) is 69.7 Å². The molecule has 0 aliphatic carbocycles. The molecule has 0 amide bonds. The standard InChI is InChI=1S/C17H16Cl2O3/c18-15-7-4-8-16(19)14(15)11-20-13-9-21-17(22-10-13)12-5-2-1-3-6-12/h1-8,13,17H,9-11H2. The summed E-state index contributed by atoms with van der Waals surface area (Å²) in [5.41, 5.74) is 1.80. The van der Waals surface area contributed by atoms with E-state index in [1.807, 2.05) is 36.4 Å². The molecule has 3 nitrogen and oxygen atoms in total. The second-order valence-electron chi connectivity index (χ2n) is 5.04. The Balaban J connectivity index is 1.52. The van der Waals surface area contributed by atoms with Gasteiger partial charge in [0.15, 0.2) is 6.29 Å². The van der Waals surface area contributed by atoms with Gasteiger partial charge in [-0.25, -0.2) is 0 Å². The largest absolute Gasteiger partial charge is 0.369 e. The van der Waals surface area contributed by atoms with Crippen LogP contribution in [0.25, 0.3) is 0 Å². The average Bonchev–Trinajstić information content (AvgIpc) is 2.56. The summed E-state index contributed by atoms with van der Waals surface area (Å²) in [5.74, 6) is 0. The van der Waals surface area contributed by atoms with E-state index in [2.05, 4.69) is 0 Å². The summed E-state index contributed by atoms with van der Waals surface area (Å²) in [6.45, 7) is 1.29. The van der Waals surface area contributed by atoms with Gasteiger partial charge in [-0.3, -0.25) is 0 Å². The predicted octanol–water partition coefficient (Wildman–Crippen LogP) is 4.62. The molecule has 116 valence electrons. The maximum absolute atomic E-state index is 6.12. The van der Waals surface area contributed by atoms with Crippen LogP contribution in [0.1, 0.15) is 17.4 Å². The minimum Gasteiger partial charge on any atom is -0.369 e. The molecule has 1 aliphatic rings. The normalized spacial score (nSPS) is 21.7. The van der Waals surface area contributed by atoms with E-state index in [1.165, 1.54) is 0 Å². The van der Waals surface area contributed by atoms with Crippen molar-refractivity contribution < 1.29 is 14.2 Å². The van der Waals surface area contributed by atoms with Crippen LogP contribution in [0.2, 0.25) is 10.0 Å². The molecule has 2 aromatic rings. The highest BCUT2D eigenvalue weighted by Gasteiger charge is 2.24. The quantitative estimate of drug-likeness (QED) is 0.813. The monoisotopic (exact) mass is 338 g/mol. The fourth-order valence-electron chi connectivity index (χ4n) is 2.26. The van der Waals surface area contributed by atoms with Crippen molar-refractivity contribution in [2.45, 2.75) is 19.0 Å². The summed E-state index contributed by atoms with van der Waals surface area (Å²) >= 11 is 12.2. The fraction of sp³-hybridized carbons (Fsp3) is 0.294. The van der Waals surface area contributed by atoms with E-state index < -0.39 is 0 Å². The first kappa shape index (κ1) is 15.8. The topological polar surface area (TPSA) is 27.7 Å². The third-order valence-corrected chi connectivity index (χ3v) is 4.17. The Morgan fingerprint density at radius 3 is 2.18 bits per heavy atom. The van der Waals surface area contributed by atoms with Crippen LogP contribution in [0.3, 0.4) is 0 Å². The van der Waals surface area contributed by atoms with E-state index in [0.717, 1.165) is 11.1 Å². The fourth-order valence-corrected chi connectivity index (χ4v) is 2.76. The molecule has 2 aromatic carbocycles. The smallest absolute Gasteiger partial charge is 0.184 e. The Hall–Kier alpha value is -1.10. The summed E-state index contributed by atoms with van der Waals surface area (Å²) in [6.07, 6.45) is -0.461. The Labute approximate surface area is 139 Å². The first-order chi connectivity index (χ1) is 10.7. The molecule has 1 fully saturated rings. The molecule has 1 saturated heterocycles. The summed E-state index contributed by atoms with van der Waals surface area (Å²) < 4.78 is 17.2. The van der Waals surface area contributed by atoms with Crippen LogP contribution in [-0.2, 0) is 20.8 Å². The zero-order valence-electron chi connectivity index (χ0n) is 11.9. The summed E-state index contributed by atoms with van der Waals surface area (Å²) in [7, 11) is 0. The molecule has 0 saturated carbocycles. The van der Waals surface area contributed by atoms with E-state index in [0.29, 0.717) is 29.9 Å². The van der Waals surface area contributed by atoms with Gasteiger partial charge in [0.25, 0.3) is 0 Å². The number of hydrogen-bond acceptors (Lipinski definition) is 3. The summed E-state index contributed by atoms with van der Waals surface area (Å²) in [6, 6.07) is 15.3. The molecule has 1 aliphatic heterocycles. The van der Waals surface area contributed by atoms with E-state index in [-0.39, 0.29) is 12.4 Å². The van der Waals surface area contributed by atoms with Gasteiger partial charge >= 0.3 is 0 Å². The second-order valence-corrected chi connectivity index (χ2v) is 5.86. The Bertz CT molecular complexity index is 590. The Morgan fingerprint density at radius 2 is 1.55 bits per heavy atom. The van der Waals surface area contributed by atoms with Crippen LogP contribution in [0, 0.1) is 0 Å². The number of ether oxygens (including phenoxy) is 3. The van der Waals surface area contributed by atoms with Crippen LogP contribution in [0.4, 0.5) is 0 Å². The zero-order valence-corrected chi connectivity index (χ0v) is 13.4. The van der Waals surface area contributed by atoms with E-state index in [1.54, 1.807) is 12.1 Å². The molecule has 22 heavy (non-hydrogen) atoms. The average molecular weight is 339 g/mol. The van der Waals surface area contributed by atoms with E-state index in [9.17, 15) is 0 Å². The molecule has 0 N–H and O–H groups in total. The minimum atomic E-state index is -0.329. The molecule has 3 rings (SSSR count). The van der Waals surface area contributed by atoms with Crippen molar-refractivity contribution in [1.29, 1.82) is 0 Å². The summed E-state index contributed by atoms with van der Waals surface area (Å²) in [4.78, 5) is 0. The summed E-state index contributed by atoms with van der Waals surface area (Å²) in [5, 5.41) is 1.21. The highest BCUT2D eigenvalue weighted by molar-refractivity contribution is 6.35. The third-order valence-electron chi connectivity index (χ3n) is 3.46. The van der Waals surface area contributed by atoms with Gasteiger partial charge in [0.05, 0.1) is 19.8 Å². The molecule has 0 atom stereocenters. The number of halogens is 2. The first-order valence-corrected chi connectivity index (χ1v) is 7.82. The number of benzene rings is 2. The number of hydrogen-bond donors (Lipinski definition) is 0. The van der Waals surface area contributed by atoms with Gasteiger partial charge in [-0.05, 0) is 12.1 Å². The predicted molar refractivity (Wildman–Crippen MR) is 86.1 cm³/mol. The van der Waals surface area contributed by atoms with Crippen molar-refractivity contribution in [2.24, 2.45) is 0 Å². The Morgan fingerprint density at radius 1 is 0.909 bits per heavy atom. The van der Waals surface area contributed by atoms with Crippen molar-refractivity contribution in [3.8, 4) is 0 Å². The first-order valence-electron chi connectivity index (χ1n) is 7.06. The van der Waals surface area contributed by atoms with Gasteiger partial charge in [-0.15, -0.1) is 0 Å². The SMILES string of the molecule is Clc1cccc(Cl)c1COC1COC(c2ccccc2)OC1. The third kappa shape index (κ3) is 3.80.